The van der Waals surface area contributed by atoms with Crippen molar-refractivity contribution in [2.75, 3.05) is 37.5 Å². The molecule has 1 aliphatic rings. The summed E-state index contributed by atoms with van der Waals surface area (Å²) in [6, 6.07) is -0.443. The maximum atomic E-state index is 11.6. The highest BCUT2D eigenvalue weighted by Crippen LogP contribution is 2.23. The van der Waals surface area contributed by atoms with Crippen LogP contribution in [-0.4, -0.2) is 54.7 Å². The molecule has 0 aromatic heterocycles. The van der Waals surface area contributed by atoms with E-state index >= 15 is 0 Å². The molecule has 3 N–H and O–H groups in total. The summed E-state index contributed by atoms with van der Waals surface area (Å²) in [5, 5.41) is 3.45. The molecule has 0 radical (unpaired) electrons. The van der Waals surface area contributed by atoms with E-state index in [1.165, 1.54) is 11.5 Å². The van der Waals surface area contributed by atoms with E-state index in [4.69, 9.17) is 10.5 Å². The molecule has 0 bridgehead atoms. The number of hydrogen-bond donors (Lipinski definition) is 2. The molecule has 1 amide bonds. The van der Waals surface area contributed by atoms with Crippen LogP contribution < -0.4 is 11.1 Å². The van der Waals surface area contributed by atoms with Gasteiger partial charge in [-0.15, -0.1) is 0 Å². The number of ether oxygens (including phenoxy) is 1. The van der Waals surface area contributed by atoms with Gasteiger partial charge in [0.2, 0.25) is 5.91 Å². The van der Waals surface area contributed by atoms with Gasteiger partial charge in [0, 0.05) is 42.8 Å². The Morgan fingerprint density at radius 2 is 2.44 bits per heavy atom. The average Bonchev–Trinajstić information content (AvgIpc) is 2.34. The van der Waals surface area contributed by atoms with Crippen LogP contribution in [0.5, 0.6) is 0 Å². The third-order valence-corrected chi connectivity index (χ3v) is 5.20. The molecule has 2 unspecified atom stereocenters. The molecule has 0 aromatic carbocycles. The number of hydrogen-bond acceptors (Lipinski definition) is 5. The van der Waals surface area contributed by atoms with E-state index in [-0.39, 0.29) is 5.91 Å². The summed E-state index contributed by atoms with van der Waals surface area (Å²) in [5.41, 5.74) is 5.71. The van der Waals surface area contributed by atoms with Crippen molar-refractivity contribution < 1.29 is 9.53 Å². The predicted molar refractivity (Wildman–Crippen MR) is 71.0 cm³/mol. The summed E-state index contributed by atoms with van der Waals surface area (Å²) in [6.07, 6.45) is 0.578. The van der Waals surface area contributed by atoms with Crippen molar-refractivity contribution in [2.45, 2.75) is 17.7 Å². The van der Waals surface area contributed by atoms with E-state index in [1.807, 2.05) is 23.5 Å². The van der Waals surface area contributed by atoms with E-state index in [9.17, 15) is 4.79 Å². The van der Waals surface area contributed by atoms with Gasteiger partial charge in [-0.1, -0.05) is 0 Å². The van der Waals surface area contributed by atoms with Gasteiger partial charge < -0.3 is 15.8 Å². The molecule has 1 heterocycles. The van der Waals surface area contributed by atoms with Crippen LogP contribution in [0, 0.1) is 0 Å². The fourth-order valence-corrected chi connectivity index (χ4v) is 3.99. The lowest BCUT2D eigenvalue weighted by molar-refractivity contribution is -0.122. The Kier molecular flexibility index (Phi) is 7.27. The standard InChI is InChI=1S/C10H20N2O2S2/c1-14-3-2-9(11)10(13)12-6-8-7-15-4-5-16-8/h8-9H,2-7,11H2,1H3,(H,12,13). The lowest BCUT2D eigenvalue weighted by atomic mass is 10.2. The Labute approximate surface area is 105 Å². The van der Waals surface area contributed by atoms with Crippen molar-refractivity contribution in [3.05, 3.63) is 0 Å². The summed E-state index contributed by atoms with van der Waals surface area (Å²) in [4.78, 5) is 11.6. The van der Waals surface area contributed by atoms with Gasteiger partial charge in [0.05, 0.1) is 6.04 Å². The summed E-state index contributed by atoms with van der Waals surface area (Å²) in [7, 11) is 1.61. The molecule has 1 rings (SSSR count). The average molecular weight is 264 g/mol. The van der Waals surface area contributed by atoms with Crippen molar-refractivity contribution >= 4 is 29.4 Å². The van der Waals surface area contributed by atoms with Crippen LogP contribution in [0.4, 0.5) is 0 Å². The molecular formula is C10H20N2O2S2. The van der Waals surface area contributed by atoms with Crippen LogP contribution in [0.2, 0.25) is 0 Å². The molecule has 1 fully saturated rings. The lowest BCUT2D eigenvalue weighted by Gasteiger charge is -2.22. The summed E-state index contributed by atoms with van der Waals surface area (Å²) in [6.45, 7) is 1.26. The molecule has 16 heavy (non-hydrogen) atoms. The lowest BCUT2D eigenvalue weighted by Crippen LogP contribution is -2.44. The minimum atomic E-state index is -0.443. The van der Waals surface area contributed by atoms with Gasteiger partial charge >= 0.3 is 0 Å². The molecule has 0 aliphatic carbocycles. The van der Waals surface area contributed by atoms with Gasteiger partial charge in [-0.05, 0) is 6.42 Å². The van der Waals surface area contributed by atoms with Crippen LogP contribution in [0.1, 0.15) is 6.42 Å². The maximum Gasteiger partial charge on any atom is 0.237 e. The molecule has 1 saturated heterocycles. The molecule has 4 nitrogen and oxygen atoms in total. The van der Waals surface area contributed by atoms with Crippen molar-refractivity contribution in [2.24, 2.45) is 5.73 Å². The minimum absolute atomic E-state index is 0.0618. The van der Waals surface area contributed by atoms with Gasteiger partial charge in [0.1, 0.15) is 0 Å². The van der Waals surface area contributed by atoms with E-state index in [2.05, 4.69) is 5.32 Å². The summed E-state index contributed by atoms with van der Waals surface area (Å²) in [5.74, 6) is 3.47. The number of amides is 1. The van der Waals surface area contributed by atoms with Crippen molar-refractivity contribution in [1.29, 1.82) is 0 Å². The highest BCUT2D eigenvalue weighted by atomic mass is 32.2. The summed E-state index contributed by atoms with van der Waals surface area (Å²) < 4.78 is 4.89. The number of carbonyl (C=O) groups is 1. The van der Waals surface area contributed by atoms with Crippen LogP contribution >= 0.6 is 23.5 Å². The fraction of sp³-hybridized carbons (Fsp3) is 0.900. The van der Waals surface area contributed by atoms with Crippen molar-refractivity contribution in [3.8, 4) is 0 Å². The van der Waals surface area contributed by atoms with Crippen molar-refractivity contribution in [3.63, 3.8) is 0 Å². The quantitative estimate of drug-likeness (QED) is 0.723. The zero-order valence-electron chi connectivity index (χ0n) is 9.61. The van der Waals surface area contributed by atoms with Crippen LogP contribution in [0.3, 0.4) is 0 Å². The van der Waals surface area contributed by atoms with Crippen molar-refractivity contribution in [1.82, 2.24) is 5.32 Å². The number of thioether (sulfide) groups is 2. The maximum absolute atomic E-state index is 11.6. The van der Waals surface area contributed by atoms with Crippen LogP contribution in [0.15, 0.2) is 0 Å². The molecule has 0 saturated carbocycles. The first-order chi connectivity index (χ1) is 7.74. The van der Waals surface area contributed by atoms with Crippen LogP contribution in [0.25, 0.3) is 0 Å². The Hall–Kier alpha value is 0.0900. The molecule has 0 spiro atoms. The zero-order chi connectivity index (χ0) is 11.8. The second-order valence-electron chi connectivity index (χ2n) is 3.70. The highest BCUT2D eigenvalue weighted by Gasteiger charge is 2.17. The van der Waals surface area contributed by atoms with Crippen LogP contribution in [-0.2, 0) is 9.53 Å². The molecule has 6 heteroatoms. The Bertz CT molecular complexity index is 211. The number of nitrogens with one attached hydrogen (secondary N) is 1. The molecule has 1 aliphatic heterocycles. The largest absolute Gasteiger partial charge is 0.385 e. The second kappa shape index (κ2) is 8.22. The van der Waals surface area contributed by atoms with E-state index in [1.54, 1.807) is 7.11 Å². The first-order valence-electron chi connectivity index (χ1n) is 5.45. The monoisotopic (exact) mass is 264 g/mol. The Balaban J connectivity index is 2.12. The molecule has 94 valence electrons. The smallest absolute Gasteiger partial charge is 0.237 e. The van der Waals surface area contributed by atoms with Gasteiger partial charge in [-0.2, -0.15) is 23.5 Å². The SMILES string of the molecule is COCCC(N)C(=O)NCC1CSCCS1. The topological polar surface area (TPSA) is 64.3 Å². The van der Waals surface area contributed by atoms with E-state index in [0.29, 0.717) is 18.3 Å². The van der Waals surface area contributed by atoms with E-state index in [0.717, 1.165) is 12.3 Å². The zero-order valence-corrected chi connectivity index (χ0v) is 11.2. The third kappa shape index (κ3) is 5.43. The first kappa shape index (κ1) is 14.2. The molecular weight excluding hydrogens is 244 g/mol. The third-order valence-electron chi connectivity index (χ3n) is 2.36. The minimum Gasteiger partial charge on any atom is -0.385 e. The van der Waals surface area contributed by atoms with Gasteiger partial charge in [0.15, 0.2) is 0 Å². The molecule has 0 aromatic rings. The number of nitrogens with two attached hydrogens (primary N) is 1. The van der Waals surface area contributed by atoms with Gasteiger partial charge in [-0.3, -0.25) is 4.79 Å². The summed E-state index contributed by atoms with van der Waals surface area (Å²) >= 11 is 3.89. The predicted octanol–water partition coefficient (Wildman–Crippen LogP) is 0.315. The number of rotatable bonds is 6. The fourth-order valence-electron chi connectivity index (χ4n) is 1.38. The Morgan fingerprint density at radius 3 is 3.06 bits per heavy atom. The Morgan fingerprint density at radius 1 is 1.62 bits per heavy atom. The van der Waals surface area contributed by atoms with Gasteiger partial charge in [0.25, 0.3) is 0 Å². The molecule has 2 atom stereocenters. The normalized spacial score (nSPS) is 22.8. The second-order valence-corrected chi connectivity index (χ2v) is 6.26. The number of methoxy groups -OCH3 is 1. The number of carbonyl (C=O) groups excluding carboxylic acids is 1. The highest BCUT2D eigenvalue weighted by molar-refractivity contribution is 8.06. The van der Waals surface area contributed by atoms with E-state index < -0.39 is 6.04 Å². The first-order valence-corrected chi connectivity index (χ1v) is 7.66. The van der Waals surface area contributed by atoms with Gasteiger partial charge in [-0.25, -0.2) is 0 Å².